The highest BCUT2D eigenvalue weighted by Gasteiger charge is 2.35. The van der Waals surface area contributed by atoms with E-state index in [1.807, 2.05) is 13.8 Å². The largest absolute Gasteiger partial charge is 0.381 e. The van der Waals surface area contributed by atoms with Gasteiger partial charge in [0.1, 0.15) is 0 Å². The Kier molecular flexibility index (Phi) is 4.18. The number of nitrogens with zero attached hydrogens (tertiary/aromatic N) is 2. The van der Waals surface area contributed by atoms with Crippen molar-refractivity contribution in [2.24, 2.45) is 12.8 Å². The van der Waals surface area contributed by atoms with Crippen LogP contribution in [0.4, 0.5) is 0 Å². The number of aromatic nitrogens is 3. The number of carbonyl (C=O) groups is 1. The minimum atomic E-state index is -0.887. The molecule has 0 bridgehead atoms. The molecular weight excluding hydrogens is 310 g/mol. The van der Waals surface area contributed by atoms with Crippen molar-refractivity contribution in [3.05, 3.63) is 27.2 Å². The normalized spacial score (nSPS) is 17.2. The predicted molar refractivity (Wildman–Crippen MR) is 89.6 cm³/mol. The molecule has 8 heteroatoms. The average Bonchev–Trinajstić information content (AvgIpc) is 2.81. The summed E-state index contributed by atoms with van der Waals surface area (Å²) in [6.45, 7) is 5.04. The van der Waals surface area contributed by atoms with E-state index in [-0.39, 0.29) is 11.5 Å². The Bertz CT molecular complexity index is 845. The standard InChI is InChI=1S/C16H23N5O3/c1-9-11(8-18-15(23)16(17)4-6-24-7-5-16)10(2)19-13-12(9)14(22)20-21(13)3/h4-8,17H2,1-3H3,(H,18,23)(H,20,22). The lowest BCUT2D eigenvalue weighted by atomic mass is 9.90. The van der Waals surface area contributed by atoms with E-state index < -0.39 is 5.54 Å². The van der Waals surface area contributed by atoms with Crippen molar-refractivity contribution in [2.45, 2.75) is 38.8 Å². The smallest absolute Gasteiger partial charge is 0.273 e. The van der Waals surface area contributed by atoms with Crippen LogP contribution < -0.4 is 16.6 Å². The molecule has 8 nitrogen and oxygen atoms in total. The second-order valence-electron chi connectivity index (χ2n) is 6.45. The molecule has 24 heavy (non-hydrogen) atoms. The summed E-state index contributed by atoms with van der Waals surface area (Å²) in [5.74, 6) is -0.188. The van der Waals surface area contributed by atoms with Gasteiger partial charge in [0.05, 0.1) is 10.9 Å². The first-order chi connectivity index (χ1) is 11.3. The summed E-state index contributed by atoms with van der Waals surface area (Å²) in [4.78, 5) is 29.0. The molecule has 0 saturated carbocycles. The van der Waals surface area contributed by atoms with Gasteiger partial charge in [-0.15, -0.1) is 0 Å². The number of carbonyl (C=O) groups excluding carboxylic acids is 1. The van der Waals surface area contributed by atoms with Crippen molar-refractivity contribution >= 4 is 16.9 Å². The topological polar surface area (TPSA) is 115 Å². The maximum atomic E-state index is 12.5. The van der Waals surface area contributed by atoms with Crippen LogP contribution in [0, 0.1) is 13.8 Å². The molecule has 4 N–H and O–H groups in total. The number of pyridine rings is 1. The molecular formula is C16H23N5O3. The monoisotopic (exact) mass is 333 g/mol. The van der Waals surface area contributed by atoms with Crippen LogP contribution in [0.1, 0.15) is 29.7 Å². The van der Waals surface area contributed by atoms with Gasteiger partial charge in [0.25, 0.3) is 5.56 Å². The van der Waals surface area contributed by atoms with Crippen molar-refractivity contribution in [1.29, 1.82) is 0 Å². The fourth-order valence-corrected chi connectivity index (χ4v) is 3.22. The molecule has 0 radical (unpaired) electrons. The number of aryl methyl sites for hydroxylation is 3. The minimum absolute atomic E-state index is 0.176. The molecule has 3 rings (SSSR count). The second kappa shape index (κ2) is 6.03. The van der Waals surface area contributed by atoms with Gasteiger partial charge in [-0.3, -0.25) is 19.4 Å². The van der Waals surface area contributed by atoms with Crippen molar-refractivity contribution in [2.75, 3.05) is 13.2 Å². The van der Waals surface area contributed by atoms with E-state index in [1.54, 1.807) is 11.7 Å². The first-order valence-corrected chi connectivity index (χ1v) is 8.03. The Morgan fingerprint density at radius 3 is 2.75 bits per heavy atom. The molecule has 1 aliphatic heterocycles. The lowest BCUT2D eigenvalue weighted by molar-refractivity contribution is -0.129. The highest BCUT2D eigenvalue weighted by atomic mass is 16.5. The fraction of sp³-hybridized carbons (Fsp3) is 0.562. The van der Waals surface area contributed by atoms with Crippen LogP contribution in [0.3, 0.4) is 0 Å². The molecule has 1 amide bonds. The van der Waals surface area contributed by atoms with Crippen molar-refractivity contribution in [1.82, 2.24) is 20.1 Å². The molecule has 130 valence electrons. The van der Waals surface area contributed by atoms with Crippen LogP contribution in [0.15, 0.2) is 4.79 Å². The van der Waals surface area contributed by atoms with E-state index in [4.69, 9.17) is 10.5 Å². The lowest BCUT2D eigenvalue weighted by Gasteiger charge is -2.31. The number of aromatic amines is 1. The third-order valence-electron chi connectivity index (χ3n) is 4.84. The number of rotatable bonds is 3. The quantitative estimate of drug-likeness (QED) is 0.731. The van der Waals surface area contributed by atoms with Gasteiger partial charge in [0.2, 0.25) is 5.91 Å². The third-order valence-corrected chi connectivity index (χ3v) is 4.84. The predicted octanol–water partition coefficient (Wildman–Crippen LogP) is 0.00254. The summed E-state index contributed by atoms with van der Waals surface area (Å²) in [6.07, 6.45) is 1.01. The second-order valence-corrected chi connectivity index (χ2v) is 6.45. The van der Waals surface area contributed by atoms with Crippen molar-refractivity contribution in [3.8, 4) is 0 Å². The van der Waals surface area contributed by atoms with E-state index in [0.717, 1.165) is 16.8 Å². The summed E-state index contributed by atoms with van der Waals surface area (Å²) >= 11 is 0. The Hall–Kier alpha value is -2.19. The molecule has 3 heterocycles. The Morgan fingerprint density at radius 1 is 1.42 bits per heavy atom. The molecule has 0 spiro atoms. The number of nitrogens with one attached hydrogen (secondary N) is 2. The van der Waals surface area contributed by atoms with Crippen LogP contribution in [-0.4, -0.2) is 39.4 Å². The molecule has 2 aromatic heterocycles. The number of hydrogen-bond acceptors (Lipinski definition) is 5. The lowest BCUT2D eigenvalue weighted by Crippen LogP contribution is -2.56. The summed E-state index contributed by atoms with van der Waals surface area (Å²) in [5, 5.41) is 6.17. The molecule has 1 fully saturated rings. The fourth-order valence-electron chi connectivity index (χ4n) is 3.22. The Morgan fingerprint density at radius 2 is 2.08 bits per heavy atom. The van der Waals surface area contributed by atoms with Gasteiger partial charge < -0.3 is 15.8 Å². The number of ether oxygens (including phenoxy) is 1. The Balaban J connectivity index is 1.86. The average molecular weight is 333 g/mol. The van der Waals surface area contributed by atoms with E-state index in [9.17, 15) is 9.59 Å². The SMILES string of the molecule is Cc1nc2c(c(C)c1CNC(=O)C1(N)CCOCC1)c(=O)[nH]n2C. The van der Waals surface area contributed by atoms with Crippen molar-refractivity contribution in [3.63, 3.8) is 0 Å². The highest BCUT2D eigenvalue weighted by molar-refractivity contribution is 5.86. The zero-order chi connectivity index (χ0) is 17.5. The number of nitrogens with two attached hydrogens (primary N) is 1. The van der Waals surface area contributed by atoms with Gasteiger partial charge in [0, 0.05) is 32.5 Å². The number of fused-ring (bicyclic) bond motifs is 1. The highest BCUT2D eigenvalue weighted by Crippen LogP contribution is 2.21. The molecule has 1 aliphatic rings. The molecule has 0 aliphatic carbocycles. The summed E-state index contributed by atoms with van der Waals surface area (Å²) in [6, 6.07) is 0. The molecule has 2 aromatic rings. The van der Waals surface area contributed by atoms with Gasteiger partial charge in [-0.25, -0.2) is 4.98 Å². The third kappa shape index (κ3) is 2.71. The first-order valence-electron chi connectivity index (χ1n) is 8.03. The molecule has 0 atom stereocenters. The maximum absolute atomic E-state index is 12.5. The minimum Gasteiger partial charge on any atom is -0.381 e. The van der Waals surface area contributed by atoms with Crippen molar-refractivity contribution < 1.29 is 9.53 Å². The number of hydrogen-bond donors (Lipinski definition) is 3. The van der Waals surface area contributed by atoms with Crippen LogP contribution in [0.25, 0.3) is 11.0 Å². The van der Waals surface area contributed by atoms with Gasteiger partial charge in [-0.2, -0.15) is 0 Å². The van der Waals surface area contributed by atoms with E-state index in [2.05, 4.69) is 15.4 Å². The van der Waals surface area contributed by atoms with E-state index in [1.165, 1.54) is 0 Å². The molecule has 0 unspecified atom stereocenters. The van der Waals surface area contributed by atoms with Gasteiger partial charge in [0.15, 0.2) is 5.65 Å². The van der Waals surface area contributed by atoms with Gasteiger partial charge >= 0.3 is 0 Å². The van der Waals surface area contributed by atoms with Crippen LogP contribution in [-0.2, 0) is 23.1 Å². The van der Waals surface area contributed by atoms with Gasteiger partial charge in [-0.05, 0) is 37.8 Å². The van der Waals surface area contributed by atoms with E-state index in [0.29, 0.717) is 43.6 Å². The van der Waals surface area contributed by atoms with Crippen LogP contribution in [0.5, 0.6) is 0 Å². The zero-order valence-corrected chi connectivity index (χ0v) is 14.2. The summed E-state index contributed by atoms with van der Waals surface area (Å²) < 4.78 is 6.88. The number of H-pyrrole nitrogens is 1. The summed E-state index contributed by atoms with van der Waals surface area (Å²) in [7, 11) is 1.75. The summed E-state index contributed by atoms with van der Waals surface area (Å²) in [5.41, 5.74) is 8.21. The van der Waals surface area contributed by atoms with Gasteiger partial charge in [-0.1, -0.05) is 0 Å². The van der Waals surface area contributed by atoms with Crippen LogP contribution >= 0.6 is 0 Å². The Labute approximate surface area is 139 Å². The molecule has 1 saturated heterocycles. The first kappa shape index (κ1) is 16.7. The van der Waals surface area contributed by atoms with Crippen LogP contribution in [0.2, 0.25) is 0 Å². The molecule has 0 aromatic carbocycles. The number of amides is 1. The maximum Gasteiger partial charge on any atom is 0.273 e. The zero-order valence-electron chi connectivity index (χ0n) is 14.2. The van der Waals surface area contributed by atoms with E-state index >= 15 is 0 Å².